The first-order chi connectivity index (χ1) is 10.8. The van der Waals surface area contributed by atoms with Gasteiger partial charge in [-0.3, -0.25) is 9.59 Å². The highest BCUT2D eigenvalue weighted by atomic mass is 19.1. The first-order valence-corrected chi connectivity index (χ1v) is 7.46. The Labute approximate surface area is 134 Å². The third-order valence-corrected chi connectivity index (χ3v) is 3.49. The van der Waals surface area contributed by atoms with Crippen LogP contribution in [0.5, 0.6) is 0 Å². The number of hydrogen-bond donors (Lipinski definition) is 2. The van der Waals surface area contributed by atoms with Crippen LogP contribution in [0.2, 0.25) is 0 Å². The third kappa shape index (κ3) is 7.04. The summed E-state index contributed by atoms with van der Waals surface area (Å²) < 4.78 is 26.6. The molecule has 0 aromatic heterocycles. The minimum atomic E-state index is -1.18. The second-order valence-electron chi connectivity index (χ2n) is 5.51. The monoisotopic (exact) mass is 325 g/mol. The van der Waals surface area contributed by atoms with Gasteiger partial charge in [0.05, 0.1) is 12.5 Å². The standard InChI is InChI=1S/C17H21F2NO3/c1-3-11(2)5-4-6-16(21)20-15(10-17(22)23)12-7-13(18)9-14(19)8-12/h4,6-9,11,15H,3,5,10H2,1-2H3,(H,20,21)(H,22,23)/b6-4+. The SMILES string of the molecule is CCC(C)C/C=C/C(=O)NC(CC(=O)O)c1cc(F)cc(F)c1. The normalized spacial score (nSPS) is 13.7. The van der Waals surface area contributed by atoms with Crippen LogP contribution in [-0.2, 0) is 9.59 Å². The van der Waals surface area contributed by atoms with Crippen molar-refractivity contribution >= 4 is 11.9 Å². The summed E-state index contributed by atoms with van der Waals surface area (Å²) in [4.78, 5) is 22.8. The Balaban J connectivity index is 2.82. The van der Waals surface area contributed by atoms with E-state index < -0.39 is 36.0 Å². The number of amides is 1. The molecule has 0 fully saturated rings. The van der Waals surface area contributed by atoms with Gasteiger partial charge in [-0.15, -0.1) is 0 Å². The molecule has 1 aromatic carbocycles. The van der Waals surface area contributed by atoms with Crippen LogP contribution in [0.3, 0.4) is 0 Å². The molecule has 0 saturated heterocycles. The topological polar surface area (TPSA) is 66.4 Å². The number of nitrogens with one attached hydrogen (secondary N) is 1. The Morgan fingerprint density at radius 2 is 1.87 bits per heavy atom. The van der Waals surface area contributed by atoms with E-state index in [0.717, 1.165) is 25.0 Å². The van der Waals surface area contributed by atoms with E-state index in [0.29, 0.717) is 12.0 Å². The number of carboxylic acid groups (broad SMARTS) is 1. The average Bonchev–Trinajstić information content (AvgIpc) is 2.44. The molecule has 1 amide bonds. The van der Waals surface area contributed by atoms with Crippen molar-refractivity contribution in [2.75, 3.05) is 0 Å². The molecule has 0 aliphatic rings. The largest absolute Gasteiger partial charge is 0.481 e. The molecule has 0 bridgehead atoms. The van der Waals surface area contributed by atoms with E-state index in [-0.39, 0.29) is 5.56 Å². The summed E-state index contributed by atoms with van der Waals surface area (Å²) >= 11 is 0. The molecule has 1 rings (SSSR count). The summed E-state index contributed by atoms with van der Waals surface area (Å²) in [6, 6.07) is 1.72. The van der Waals surface area contributed by atoms with Gasteiger partial charge < -0.3 is 10.4 Å². The lowest BCUT2D eigenvalue weighted by Gasteiger charge is -2.16. The first-order valence-electron chi connectivity index (χ1n) is 7.46. The highest BCUT2D eigenvalue weighted by Crippen LogP contribution is 2.19. The number of allylic oxidation sites excluding steroid dienone is 1. The lowest BCUT2D eigenvalue weighted by Crippen LogP contribution is -2.29. The van der Waals surface area contributed by atoms with Crippen LogP contribution in [0.4, 0.5) is 8.78 Å². The summed E-state index contributed by atoms with van der Waals surface area (Å²) in [5, 5.41) is 11.4. The third-order valence-electron chi connectivity index (χ3n) is 3.49. The van der Waals surface area contributed by atoms with E-state index in [1.807, 2.05) is 13.8 Å². The van der Waals surface area contributed by atoms with Crippen LogP contribution in [0.25, 0.3) is 0 Å². The Morgan fingerprint density at radius 3 is 2.39 bits per heavy atom. The number of benzene rings is 1. The van der Waals surface area contributed by atoms with Crippen LogP contribution in [-0.4, -0.2) is 17.0 Å². The number of halogens is 2. The van der Waals surface area contributed by atoms with E-state index in [9.17, 15) is 18.4 Å². The minimum absolute atomic E-state index is 0.0774. The maximum Gasteiger partial charge on any atom is 0.305 e. The fraction of sp³-hybridized carbons (Fsp3) is 0.412. The fourth-order valence-corrected chi connectivity index (χ4v) is 2.00. The zero-order valence-corrected chi connectivity index (χ0v) is 13.2. The predicted molar refractivity (Wildman–Crippen MR) is 82.7 cm³/mol. The van der Waals surface area contributed by atoms with E-state index in [1.165, 1.54) is 6.08 Å². The molecular weight excluding hydrogens is 304 g/mol. The van der Waals surface area contributed by atoms with E-state index >= 15 is 0 Å². The number of hydrogen-bond acceptors (Lipinski definition) is 2. The van der Waals surface area contributed by atoms with Gasteiger partial charge in [0.2, 0.25) is 5.91 Å². The van der Waals surface area contributed by atoms with Crippen LogP contribution in [0, 0.1) is 17.6 Å². The Kier molecular flexibility index (Phi) is 7.38. The van der Waals surface area contributed by atoms with Gasteiger partial charge in [-0.25, -0.2) is 8.78 Å². The molecule has 126 valence electrons. The van der Waals surface area contributed by atoms with Crippen molar-refractivity contribution in [1.82, 2.24) is 5.32 Å². The lowest BCUT2D eigenvalue weighted by molar-refractivity contribution is -0.137. The molecule has 0 radical (unpaired) electrons. The molecule has 2 unspecified atom stereocenters. The van der Waals surface area contributed by atoms with E-state index in [1.54, 1.807) is 6.08 Å². The molecule has 2 atom stereocenters. The second kappa shape index (κ2) is 9.02. The highest BCUT2D eigenvalue weighted by Gasteiger charge is 2.18. The molecule has 0 aliphatic carbocycles. The highest BCUT2D eigenvalue weighted by molar-refractivity contribution is 5.88. The summed E-state index contributed by atoms with van der Waals surface area (Å²) in [5.41, 5.74) is 0.0774. The van der Waals surface area contributed by atoms with Gasteiger partial charge in [0.1, 0.15) is 11.6 Å². The van der Waals surface area contributed by atoms with Crippen LogP contribution >= 0.6 is 0 Å². The van der Waals surface area contributed by atoms with Gasteiger partial charge in [0.25, 0.3) is 0 Å². The van der Waals surface area contributed by atoms with Gasteiger partial charge in [0.15, 0.2) is 0 Å². The predicted octanol–water partition coefficient (Wildman–Crippen LogP) is 3.59. The van der Waals surface area contributed by atoms with Gasteiger partial charge in [-0.1, -0.05) is 26.3 Å². The van der Waals surface area contributed by atoms with Crippen molar-refractivity contribution in [2.24, 2.45) is 5.92 Å². The molecule has 6 heteroatoms. The number of carboxylic acids is 1. The van der Waals surface area contributed by atoms with E-state index in [2.05, 4.69) is 5.32 Å². The lowest BCUT2D eigenvalue weighted by atomic mass is 10.0. The number of carbonyl (C=O) groups is 2. The summed E-state index contributed by atoms with van der Waals surface area (Å²) in [6.45, 7) is 4.09. The van der Waals surface area contributed by atoms with Crippen LogP contribution < -0.4 is 5.32 Å². The quantitative estimate of drug-likeness (QED) is 0.718. The fourth-order valence-electron chi connectivity index (χ4n) is 2.00. The molecule has 0 heterocycles. The molecular formula is C17H21F2NO3. The number of rotatable bonds is 8. The number of carbonyl (C=O) groups excluding carboxylic acids is 1. The second-order valence-corrected chi connectivity index (χ2v) is 5.51. The Morgan fingerprint density at radius 1 is 1.26 bits per heavy atom. The Hall–Kier alpha value is -2.24. The molecule has 4 nitrogen and oxygen atoms in total. The van der Waals surface area contributed by atoms with Gasteiger partial charge in [-0.2, -0.15) is 0 Å². The molecule has 0 spiro atoms. The van der Waals surface area contributed by atoms with Gasteiger partial charge in [0, 0.05) is 6.07 Å². The van der Waals surface area contributed by atoms with Gasteiger partial charge in [-0.05, 0) is 36.1 Å². The van der Waals surface area contributed by atoms with Crippen molar-refractivity contribution in [2.45, 2.75) is 39.2 Å². The van der Waals surface area contributed by atoms with Gasteiger partial charge >= 0.3 is 5.97 Å². The number of aliphatic carboxylic acids is 1. The van der Waals surface area contributed by atoms with Crippen molar-refractivity contribution < 1.29 is 23.5 Å². The van der Waals surface area contributed by atoms with Crippen LogP contribution in [0.1, 0.15) is 44.7 Å². The Bertz CT molecular complexity index is 567. The zero-order valence-electron chi connectivity index (χ0n) is 13.2. The molecule has 1 aromatic rings. The first kappa shape index (κ1) is 18.8. The molecule has 2 N–H and O–H groups in total. The summed E-state index contributed by atoms with van der Waals surface area (Å²) in [7, 11) is 0. The molecule has 0 aliphatic heterocycles. The van der Waals surface area contributed by atoms with Crippen molar-refractivity contribution in [3.63, 3.8) is 0 Å². The van der Waals surface area contributed by atoms with Crippen LogP contribution in [0.15, 0.2) is 30.4 Å². The molecule has 0 saturated carbocycles. The summed E-state index contributed by atoms with van der Waals surface area (Å²) in [6.07, 6.45) is 4.26. The van der Waals surface area contributed by atoms with E-state index in [4.69, 9.17) is 5.11 Å². The van der Waals surface area contributed by atoms with Crippen molar-refractivity contribution in [3.05, 3.63) is 47.5 Å². The van der Waals surface area contributed by atoms with Crippen molar-refractivity contribution in [1.29, 1.82) is 0 Å². The zero-order chi connectivity index (χ0) is 17.4. The maximum atomic E-state index is 13.3. The van der Waals surface area contributed by atoms with Crippen molar-refractivity contribution in [3.8, 4) is 0 Å². The minimum Gasteiger partial charge on any atom is -0.481 e. The molecule has 23 heavy (non-hydrogen) atoms. The average molecular weight is 325 g/mol. The summed E-state index contributed by atoms with van der Waals surface area (Å²) in [5.74, 6) is -2.88. The maximum absolute atomic E-state index is 13.3. The smallest absolute Gasteiger partial charge is 0.305 e.